The molecule has 0 heterocycles. The first-order valence-corrected chi connectivity index (χ1v) is 11.6. The van der Waals surface area contributed by atoms with Crippen LogP contribution in [0.3, 0.4) is 0 Å². The third-order valence-electron chi connectivity index (χ3n) is 4.88. The van der Waals surface area contributed by atoms with E-state index < -0.39 is 0 Å². The second kappa shape index (κ2) is 17.5. The Kier molecular flexibility index (Phi) is 18.8. The quantitative estimate of drug-likeness (QED) is 0.134. The van der Waals surface area contributed by atoms with E-state index in [9.17, 15) is 4.79 Å². The number of ether oxygens (including phenoxy) is 3. The Morgan fingerprint density at radius 3 is 1.84 bits per heavy atom. The zero-order valence-corrected chi connectivity index (χ0v) is 23.2. The Bertz CT molecular complexity index is 498. The van der Waals surface area contributed by atoms with Gasteiger partial charge in [-0.05, 0) is 57.7 Å². The van der Waals surface area contributed by atoms with E-state index in [1.165, 1.54) is 0 Å². The molecule has 8 nitrogen and oxygen atoms in total. The van der Waals surface area contributed by atoms with Gasteiger partial charge in [0.25, 0.3) is 0 Å². The van der Waals surface area contributed by atoms with Crippen LogP contribution in [0.2, 0.25) is 0 Å². The van der Waals surface area contributed by atoms with Gasteiger partial charge in [-0.25, -0.2) is 9.67 Å². The van der Waals surface area contributed by atoms with Crippen LogP contribution < -0.4 is 22.1 Å². The fourth-order valence-corrected chi connectivity index (χ4v) is 3.16. The molecule has 0 atom stereocenters. The largest absolute Gasteiger partial charge is 1.00 e. The topological polar surface area (TPSA) is 72.1 Å². The van der Waals surface area contributed by atoms with Gasteiger partial charge in [0.05, 0.1) is 72.2 Å². The standard InChI is InChI=1S/C21H45Cl2N4O4.ClH/c1-20(2,24-22)9-10-26(5)19(28)8-12-29-14-16-31-17-15-30-13-11-27(6,7)18-21(3,4)25-23;/h24-25H,8-18H2,1-7H3;1H/q+1;/p-1. The zero-order chi connectivity index (χ0) is 24.0. The molecule has 0 aliphatic rings. The number of quaternary nitrogens is 1. The number of likely N-dealkylation sites (N-methyl/N-ethyl adjacent to an activating group) is 1. The molecule has 0 aromatic rings. The van der Waals surface area contributed by atoms with Crippen LogP contribution in [0.5, 0.6) is 0 Å². The van der Waals surface area contributed by atoms with Crippen molar-refractivity contribution in [1.82, 2.24) is 14.6 Å². The third-order valence-corrected chi connectivity index (χ3v) is 5.90. The molecule has 32 heavy (non-hydrogen) atoms. The molecule has 0 saturated heterocycles. The van der Waals surface area contributed by atoms with Crippen LogP contribution in [0.1, 0.15) is 40.5 Å². The molecule has 0 bridgehead atoms. The fourth-order valence-electron chi connectivity index (χ4n) is 3.00. The van der Waals surface area contributed by atoms with Crippen molar-refractivity contribution in [2.75, 3.05) is 80.4 Å². The van der Waals surface area contributed by atoms with Crippen molar-refractivity contribution < 1.29 is 35.9 Å². The molecule has 0 unspecified atom stereocenters. The molecule has 0 aliphatic carbocycles. The lowest BCUT2D eigenvalue weighted by Gasteiger charge is -2.36. The van der Waals surface area contributed by atoms with Gasteiger partial charge in [0.15, 0.2) is 0 Å². The molecule has 194 valence electrons. The molecule has 0 fully saturated rings. The Balaban J connectivity index is 0. The summed E-state index contributed by atoms with van der Waals surface area (Å²) in [5.41, 5.74) is -0.339. The predicted octanol–water partition coefficient (Wildman–Crippen LogP) is -0.601. The average molecular weight is 524 g/mol. The highest BCUT2D eigenvalue weighted by Gasteiger charge is 2.27. The summed E-state index contributed by atoms with van der Waals surface area (Å²) in [4.78, 5) is 19.3. The predicted molar refractivity (Wildman–Crippen MR) is 127 cm³/mol. The van der Waals surface area contributed by atoms with Gasteiger partial charge in [-0.3, -0.25) is 4.79 Å². The normalized spacial score (nSPS) is 12.5. The Labute approximate surface area is 211 Å². The fraction of sp³-hybridized carbons (Fsp3) is 0.952. The maximum atomic E-state index is 12.1. The number of hydrogen-bond donors (Lipinski definition) is 2. The molecular formula is C21H45Cl3N4O4. The third kappa shape index (κ3) is 18.5. The van der Waals surface area contributed by atoms with Gasteiger partial charge in [0, 0.05) is 19.1 Å². The lowest BCUT2D eigenvalue weighted by molar-refractivity contribution is -0.894. The smallest absolute Gasteiger partial charge is 0.224 e. The lowest BCUT2D eigenvalue weighted by Crippen LogP contribution is -3.00. The van der Waals surface area contributed by atoms with Crippen molar-refractivity contribution in [3.63, 3.8) is 0 Å². The zero-order valence-electron chi connectivity index (χ0n) is 20.9. The van der Waals surface area contributed by atoms with Crippen molar-refractivity contribution in [3.05, 3.63) is 0 Å². The molecule has 1 amide bonds. The van der Waals surface area contributed by atoms with E-state index in [0.717, 1.165) is 24.0 Å². The Morgan fingerprint density at radius 2 is 1.34 bits per heavy atom. The Morgan fingerprint density at radius 1 is 0.875 bits per heavy atom. The minimum atomic E-state index is -0.207. The average Bonchev–Trinajstić information content (AvgIpc) is 2.69. The highest BCUT2D eigenvalue weighted by Crippen LogP contribution is 2.11. The maximum absolute atomic E-state index is 12.1. The highest BCUT2D eigenvalue weighted by atomic mass is 35.5. The van der Waals surface area contributed by atoms with Crippen LogP contribution >= 0.6 is 23.6 Å². The van der Waals surface area contributed by atoms with Crippen LogP contribution in [0.4, 0.5) is 0 Å². The van der Waals surface area contributed by atoms with Crippen molar-refractivity contribution in [1.29, 1.82) is 0 Å². The molecule has 11 heteroatoms. The molecule has 0 rings (SSSR count). The second-order valence-electron chi connectivity index (χ2n) is 9.93. The number of nitrogens with zero attached hydrogens (tertiary/aromatic N) is 2. The maximum Gasteiger partial charge on any atom is 0.224 e. The SMILES string of the molecule is CN(CCC(C)(C)NCl)C(=O)CCOCCOCCOCC[N+](C)(C)CC(C)(C)NCl.[Cl-]. The minimum absolute atomic E-state index is 0. The molecular weight excluding hydrogens is 479 g/mol. The molecule has 0 aromatic carbocycles. The summed E-state index contributed by atoms with van der Waals surface area (Å²) in [6, 6.07) is 0. The summed E-state index contributed by atoms with van der Waals surface area (Å²) in [6.45, 7) is 13.7. The van der Waals surface area contributed by atoms with E-state index in [-0.39, 0.29) is 29.4 Å². The highest BCUT2D eigenvalue weighted by molar-refractivity contribution is 6.14. The van der Waals surface area contributed by atoms with Crippen molar-refractivity contribution in [3.8, 4) is 0 Å². The summed E-state index contributed by atoms with van der Waals surface area (Å²) in [7, 11) is 6.12. The first-order chi connectivity index (χ1) is 14.3. The van der Waals surface area contributed by atoms with Gasteiger partial charge in [-0.1, -0.05) is 0 Å². The van der Waals surface area contributed by atoms with Crippen LogP contribution in [-0.4, -0.2) is 107 Å². The molecule has 0 aromatic heterocycles. The van der Waals surface area contributed by atoms with E-state index in [2.05, 4.69) is 37.6 Å². The van der Waals surface area contributed by atoms with Gasteiger partial charge >= 0.3 is 0 Å². The van der Waals surface area contributed by atoms with E-state index in [0.29, 0.717) is 52.6 Å². The van der Waals surface area contributed by atoms with Crippen LogP contribution in [0.15, 0.2) is 0 Å². The van der Waals surface area contributed by atoms with Gasteiger partial charge in [0.2, 0.25) is 5.91 Å². The van der Waals surface area contributed by atoms with Crippen LogP contribution in [0, 0.1) is 0 Å². The number of carbonyl (C=O) groups excluding carboxylic acids is 1. The van der Waals surface area contributed by atoms with E-state index in [4.69, 9.17) is 37.8 Å². The van der Waals surface area contributed by atoms with E-state index in [1.54, 1.807) is 11.9 Å². The van der Waals surface area contributed by atoms with Gasteiger partial charge in [-0.15, -0.1) is 0 Å². The van der Waals surface area contributed by atoms with Crippen LogP contribution in [-0.2, 0) is 19.0 Å². The summed E-state index contributed by atoms with van der Waals surface area (Å²) in [6.07, 6.45) is 1.13. The molecule has 0 radical (unpaired) electrons. The van der Waals surface area contributed by atoms with Crippen molar-refractivity contribution in [2.24, 2.45) is 0 Å². The van der Waals surface area contributed by atoms with E-state index in [1.807, 2.05) is 13.8 Å². The van der Waals surface area contributed by atoms with Gasteiger partial charge in [-0.2, -0.15) is 0 Å². The van der Waals surface area contributed by atoms with Crippen LogP contribution in [0.25, 0.3) is 0 Å². The number of nitrogens with one attached hydrogen (secondary N) is 2. The summed E-state index contributed by atoms with van der Waals surface area (Å²) in [5.74, 6) is 0.0613. The van der Waals surface area contributed by atoms with Gasteiger partial charge < -0.3 is 36.0 Å². The first-order valence-electron chi connectivity index (χ1n) is 10.9. The monoisotopic (exact) mass is 522 g/mol. The van der Waals surface area contributed by atoms with E-state index >= 15 is 0 Å². The second-order valence-corrected chi connectivity index (χ2v) is 10.3. The lowest BCUT2D eigenvalue weighted by atomic mass is 10.0. The minimum Gasteiger partial charge on any atom is -1.00 e. The number of hydrogen-bond acceptors (Lipinski definition) is 6. The first kappa shape index (κ1) is 34.3. The Hall–Kier alpha value is 0.100. The van der Waals surface area contributed by atoms with Gasteiger partial charge in [0.1, 0.15) is 6.54 Å². The number of rotatable bonds is 19. The summed E-state index contributed by atoms with van der Waals surface area (Å²) >= 11 is 11.5. The number of carbonyl (C=O) groups is 1. The summed E-state index contributed by atoms with van der Waals surface area (Å²) in [5, 5.41) is 0. The number of amides is 1. The molecule has 0 spiro atoms. The molecule has 0 aliphatic heterocycles. The van der Waals surface area contributed by atoms with Crippen molar-refractivity contribution >= 4 is 29.5 Å². The summed E-state index contributed by atoms with van der Waals surface area (Å²) < 4.78 is 17.5. The number of halogens is 3. The molecule has 2 N–H and O–H groups in total. The molecule has 0 saturated carbocycles. The van der Waals surface area contributed by atoms with Crippen molar-refractivity contribution in [2.45, 2.75) is 51.6 Å².